The molecule has 1 atom stereocenters. The van der Waals surface area contributed by atoms with E-state index < -0.39 is 11.6 Å². The number of thiophene rings is 1. The topological polar surface area (TPSA) is 55.8 Å². The summed E-state index contributed by atoms with van der Waals surface area (Å²) in [6, 6.07) is 3.83. The molecule has 0 spiro atoms. The Hall–Kier alpha value is -0.910. The Morgan fingerprint density at radius 1 is 1.62 bits per heavy atom. The second-order valence-corrected chi connectivity index (χ2v) is 4.68. The number of aliphatic carboxylic acids is 1. The molecule has 1 N–H and O–H groups in total. The number of hydrogen-bond donors (Lipinski definition) is 1. The van der Waals surface area contributed by atoms with Crippen LogP contribution in [0.2, 0.25) is 0 Å². The molecule has 0 saturated carbocycles. The average molecular weight is 244 g/mol. The molecule has 4 nitrogen and oxygen atoms in total. The van der Waals surface area contributed by atoms with Crippen LogP contribution in [0.25, 0.3) is 0 Å². The van der Waals surface area contributed by atoms with Crippen LogP contribution in [0.15, 0.2) is 17.5 Å². The number of carboxylic acid groups (broad SMARTS) is 1. The van der Waals surface area contributed by atoms with Gasteiger partial charge in [0.15, 0.2) is 5.60 Å². The van der Waals surface area contributed by atoms with Gasteiger partial charge in [0.05, 0.1) is 6.61 Å². The Kier molecular flexibility index (Phi) is 4.92. The minimum atomic E-state index is -1.18. The van der Waals surface area contributed by atoms with Crippen LogP contribution in [0.4, 0.5) is 0 Å². The smallest absolute Gasteiger partial charge is 0.335 e. The predicted octanol–water partition coefficient (Wildman–Crippen LogP) is 2.14. The van der Waals surface area contributed by atoms with Crippen molar-refractivity contribution < 1.29 is 19.4 Å². The summed E-state index contributed by atoms with van der Waals surface area (Å²) in [4.78, 5) is 12.1. The molecule has 1 unspecified atom stereocenters. The third-order valence-electron chi connectivity index (χ3n) is 2.35. The highest BCUT2D eigenvalue weighted by Gasteiger charge is 2.33. The van der Waals surface area contributed by atoms with E-state index in [1.165, 1.54) is 0 Å². The molecule has 0 saturated heterocycles. The zero-order valence-corrected chi connectivity index (χ0v) is 10.3. The normalized spacial score (nSPS) is 14.6. The van der Waals surface area contributed by atoms with Gasteiger partial charge in [0.1, 0.15) is 0 Å². The van der Waals surface area contributed by atoms with E-state index in [0.29, 0.717) is 19.6 Å². The lowest BCUT2D eigenvalue weighted by molar-refractivity contribution is -0.167. The van der Waals surface area contributed by atoms with Crippen LogP contribution in [0.3, 0.4) is 0 Å². The summed E-state index contributed by atoms with van der Waals surface area (Å²) in [7, 11) is 1.54. The molecule has 0 fully saturated rings. The van der Waals surface area contributed by atoms with Gasteiger partial charge in [-0.25, -0.2) is 4.79 Å². The van der Waals surface area contributed by atoms with Gasteiger partial charge in [0.2, 0.25) is 0 Å². The highest BCUT2D eigenvalue weighted by atomic mass is 32.1. The number of hydrogen-bond acceptors (Lipinski definition) is 4. The van der Waals surface area contributed by atoms with Crippen molar-refractivity contribution in [1.29, 1.82) is 0 Å². The van der Waals surface area contributed by atoms with E-state index in [4.69, 9.17) is 14.6 Å². The van der Waals surface area contributed by atoms with E-state index in [1.807, 2.05) is 17.5 Å². The second-order valence-electron chi connectivity index (χ2n) is 3.65. The van der Waals surface area contributed by atoms with Gasteiger partial charge in [-0.15, -0.1) is 11.3 Å². The maximum absolute atomic E-state index is 11.1. The van der Waals surface area contributed by atoms with Crippen LogP contribution in [-0.4, -0.2) is 30.4 Å². The van der Waals surface area contributed by atoms with Crippen LogP contribution in [0.5, 0.6) is 0 Å². The van der Waals surface area contributed by atoms with Crippen molar-refractivity contribution in [3.05, 3.63) is 22.4 Å². The standard InChI is InChI=1S/C11H16O4S/c1-11(10(12)13,5-6-14-2)15-8-9-4-3-7-16-9/h3-4,7H,5-6,8H2,1-2H3,(H,12,13). The fourth-order valence-electron chi connectivity index (χ4n) is 1.16. The first-order chi connectivity index (χ1) is 7.58. The van der Waals surface area contributed by atoms with Gasteiger partial charge in [0.25, 0.3) is 0 Å². The van der Waals surface area contributed by atoms with E-state index >= 15 is 0 Å². The highest BCUT2D eigenvalue weighted by Crippen LogP contribution is 2.20. The van der Waals surface area contributed by atoms with Crippen molar-refractivity contribution >= 4 is 17.3 Å². The first-order valence-corrected chi connectivity index (χ1v) is 5.85. The van der Waals surface area contributed by atoms with Crippen LogP contribution < -0.4 is 0 Å². The SMILES string of the molecule is COCCC(C)(OCc1cccs1)C(=O)O. The number of carbonyl (C=O) groups is 1. The molecular weight excluding hydrogens is 228 g/mol. The molecular formula is C11H16O4S. The van der Waals surface area contributed by atoms with E-state index in [1.54, 1.807) is 25.4 Å². The summed E-state index contributed by atoms with van der Waals surface area (Å²) < 4.78 is 10.4. The summed E-state index contributed by atoms with van der Waals surface area (Å²) in [5.41, 5.74) is -1.18. The Morgan fingerprint density at radius 3 is 2.88 bits per heavy atom. The minimum absolute atomic E-state index is 0.324. The molecule has 0 radical (unpaired) electrons. The van der Waals surface area contributed by atoms with E-state index in [9.17, 15) is 4.79 Å². The van der Waals surface area contributed by atoms with E-state index in [0.717, 1.165) is 4.88 Å². The Balaban J connectivity index is 2.53. The lowest BCUT2D eigenvalue weighted by Crippen LogP contribution is -2.39. The second kappa shape index (κ2) is 5.98. The fourth-order valence-corrected chi connectivity index (χ4v) is 1.78. The van der Waals surface area contributed by atoms with Gasteiger partial charge >= 0.3 is 5.97 Å². The van der Waals surface area contributed by atoms with Crippen molar-refractivity contribution in [2.45, 2.75) is 25.6 Å². The molecule has 0 aromatic carbocycles. The molecule has 5 heteroatoms. The summed E-state index contributed by atoms with van der Waals surface area (Å²) in [5, 5.41) is 11.0. The quantitative estimate of drug-likeness (QED) is 0.798. The Labute approximate surface area is 98.8 Å². The zero-order chi connectivity index (χ0) is 12.0. The first-order valence-electron chi connectivity index (χ1n) is 4.97. The van der Waals surface area contributed by atoms with Gasteiger partial charge in [-0.1, -0.05) is 6.07 Å². The largest absolute Gasteiger partial charge is 0.479 e. The van der Waals surface area contributed by atoms with Crippen LogP contribution in [-0.2, 0) is 20.9 Å². The fraction of sp³-hybridized carbons (Fsp3) is 0.545. The minimum Gasteiger partial charge on any atom is -0.479 e. The third-order valence-corrected chi connectivity index (χ3v) is 3.20. The van der Waals surface area contributed by atoms with Crippen molar-refractivity contribution in [2.75, 3.05) is 13.7 Å². The molecule has 0 aliphatic heterocycles. The molecule has 1 heterocycles. The van der Waals surface area contributed by atoms with Gasteiger partial charge in [-0.05, 0) is 18.4 Å². The van der Waals surface area contributed by atoms with Crippen molar-refractivity contribution in [3.63, 3.8) is 0 Å². The zero-order valence-electron chi connectivity index (χ0n) is 9.43. The molecule has 0 bridgehead atoms. The molecule has 1 aromatic heterocycles. The van der Waals surface area contributed by atoms with Gasteiger partial charge in [-0.3, -0.25) is 0 Å². The van der Waals surface area contributed by atoms with Crippen LogP contribution in [0.1, 0.15) is 18.2 Å². The van der Waals surface area contributed by atoms with Gasteiger partial charge in [-0.2, -0.15) is 0 Å². The highest BCUT2D eigenvalue weighted by molar-refractivity contribution is 7.09. The molecule has 0 aliphatic carbocycles. The number of methoxy groups -OCH3 is 1. The van der Waals surface area contributed by atoms with Gasteiger partial charge in [0, 0.05) is 25.0 Å². The van der Waals surface area contributed by atoms with Crippen LogP contribution >= 0.6 is 11.3 Å². The van der Waals surface area contributed by atoms with E-state index in [2.05, 4.69) is 0 Å². The molecule has 16 heavy (non-hydrogen) atoms. The van der Waals surface area contributed by atoms with Crippen molar-refractivity contribution in [2.24, 2.45) is 0 Å². The van der Waals surface area contributed by atoms with Crippen molar-refractivity contribution in [1.82, 2.24) is 0 Å². The summed E-state index contributed by atoms with van der Waals surface area (Å²) in [6.07, 6.45) is 0.338. The Morgan fingerprint density at radius 2 is 2.38 bits per heavy atom. The molecule has 1 rings (SSSR count). The number of rotatable bonds is 7. The lowest BCUT2D eigenvalue weighted by atomic mass is 10.0. The lowest BCUT2D eigenvalue weighted by Gasteiger charge is -2.24. The van der Waals surface area contributed by atoms with Crippen molar-refractivity contribution in [3.8, 4) is 0 Å². The molecule has 0 amide bonds. The first kappa shape index (κ1) is 13.2. The maximum Gasteiger partial charge on any atom is 0.335 e. The molecule has 90 valence electrons. The van der Waals surface area contributed by atoms with Gasteiger partial charge < -0.3 is 14.6 Å². The summed E-state index contributed by atoms with van der Waals surface area (Å²) in [5.74, 6) is -0.957. The summed E-state index contributed by atoms with van der Waals surface area (Å²) >= 11 is 1.55. The Bertz CT molecular complexity index is 323. The van der Waals surface area contributed by atoms with Crippen LogP contribution in [0, 0.1) is 0 Å². The van der Waals surface area contributed by atoms with E-state index in [-0.39, 0.29) is 0 Å². The third kappa shape index (κ3) is 3.59. The summed E-state index contributed by atoms with van der Waals surface area (Å²) in [6.45, 7) is 2.26. The predicted molar refractivity (Wildman–Crippen MR) is 61.6 cm³/mol. The number of ether oxygens (including phenoxy) is 2. The monoisotopic (exact) mass is 244 g/mol. The molecule has 0 aliphatic rings. The maximum atomic E-state index is 11.1. The number of carboxylic acids is 1. The molecule has 1 aromatic rings. The average Bonchev–Trinajstić information content (AvgIpc) is 2.76.